The van der Waals surface area contributed by atoms with Crippen LogP contribution < -0.4 is 10.1 Å². The fraction of sp³-hybridized carbons (Fsp3) is 0.571. The van der Waals surface area contributed by atoms with Crippen LogP contribution in [0.5, 0.6) is 5.75 Å². The molecule has 0 bridgehead atoms. The second kappa shape index (κ2) is 8.87. The summed E-state index contributed by atoms with van der Waals surface area (Å²) in [5.74, 6) is -1.27. The first kappa shape index (κ1) is 22.5. The lowest BCUT2D eigenvalue weighted by Crippen LogP contribution is -2.52. The van der Waals surface area contributed by atoms with Gasteiger partial charge in [0.25, 0.3) is 5.91 Å². The summed E-state index contributed by atoms with van der Waals surface area (Å²) in [4.78, 5) is 39.1. The number of fused-ring (bicyclic) bond motifs is 1. The normalized spacial score (nSPS) is 20.2. The lowest BCUT2D eigenvalue weighted by atomic mass is 9.95. The molecule has 9 heteroatoms. The number of amides is 3. The van der Waals surface area contributed by atoms with E-state index in [9.17, 15) is 19.5 Å². The van der Waals surface area contributed by atoms with Crippen molar-refractivity contribution in [2.24, 2.45) is 5.92 Å². The highest BCUT2D eigenvalue weighted by Gasteiger charge is 2.43. The Morgan fingerprint density at radius 3 is 2.60 bits per heavy atom. The van der Waals surface area contributed by atoms with Crippen molar-refractivity contribution in [2.45, 2.75) is 57.9 Å². The van der Waals surface area contributed by atoms with E-state index in [-0.39, 0.29) is 31.4 Å². The molecule has 0 spiro atoms. The quantitative estimate of drug-likeness (QED) is 0.478. The first-order valence-electron chi connectivity index (χ1n) is 10.2. The average Bonchev–Trinajstić information content (AvgIpc) is 3.01. The largest absolute Gasteiger partial charge is 0.496 e. The maximum atomic E-state index is 13.4. The number of nitrogens with one attached hydrogen (secondary N) is 1. The van der Waals surface area contributed by atoms with Crippen LogP contribution in [0.25, 0.3) is 0 Å². The zero-order valence-electron chi connectivity index (χ0n) is 18.0. The number of hydrogen-bond acceptors (Lipinski definition) is 6. The summed E-state index contributed by atoms with van der Waals surface area (Å²) in [6.07, 6.45) is -0.213. The van der Waals surface area contributed by atoms with Crippen LogP contribution in [0.15, 0.2) is 12.1 Å². The third kappa shape index (κ3) is 4.58. The maximum Gasteiger partial charge on any atom is 0.260 e. The Bertz CT molecular complexity index is 851. The van der Waals surface area contributed by atoms with Gasteiger partial charge in [0.1, 0.15) is 12.0 Å². The van der Waals surface area contributed by atoms with Crippen molar-refractivity contribution in [1.29, 1.82) is 0 Å². The number of benzene rings is 1. The van der Waals surface area contributed by atoms with Crippen molar-refractivity contribution in [3.05, 3.63) is 28.8 Å². The van der Waals surface area contributed by atoms with E-state index < -0.39 is 26.1 Å². The van der Waals surface area contributed by atoms with Gasteiger partial charge in [-0.15, -0.1) is 0 Å². The summed E-state index contributed by atoms with van der Waals surface area (Å²) in [5.41, 5.74) is 1.69. The van der Waals surface area contributed by atoms with Gasteiger partial charge in [-0.1, -0.05) is 31.8 Å². The highest BCUT2D eigenvalue weighted by molar-refractivity contribution is 6.76. The molecule has 3 amide bonds. The Kier molecular flexibility index (Phi) is 6.64. The molecule has 2 N–H and O–H groups in total. The number of ether oxygens (including phenoxy) is 2. The molecule has 30 heavy (non-hydrogen) atoms. The molecule has 1 aromatic carbocycles. The second-order valence-corrected chi connectivity index (χ2v) is 14.6. The summed E-state index contributed by atoms with van der Waals surface area (Å²) in [5, 5.41) is 12.0. The molecule has 0 aliphatic carbocycles. The monoisotopic (exact) mass is 434 g/mol. The third-order valence-corrected chi connectivity index (χ3v) is 7.29. The van der Waals surface area contributed by atoms with Crippen molar-refractivity contribution < 1.29 is 29.0 Å². The number of methoxy groups -OCH3 is 1. The Balaban J connectivity index is 1.90. The molecule has 2 aliphatic rings. The van der Waals surface area contributed by atoms with E-state index in [0.29, 0.717) is 29.9 Å². The Morgan fingerprint density at radius 2 is 2.00 bits per heavy atom. The fourth-order valence-corrected chi connectivity index (χ4v) is 4.62. The second-order valence-electron chi connectivity index (χ2n) is 9.01. The highest BCUT2D eigenvalue weighted by atomic mass is 28.3. The Morgan fingerprint density at radius 1 is 1.27 bits per heavy atom. The van der Waals surface area contributed by atoms with Gasteiger partial charge in [0.15, 0.2) is 0 Å². The van der Waals surface area contributed by atoms with E-state index in [1.165, 1.54) is 7.11 Å². The van der Waals surface area contributed by atoms with Gasteiger partial charge >= 0.3 is 0 Å². The summed E-state index contributed by atoms with van der Waals surface area (Å²) in [6, 6.07) is 4.43. The van der Waals surface area contributed by atoms with Crippen LogP contribution in [0.3, 0.4) is 0 Å². The molecule has 1 saturated heterocycles. The van der Waals surface area contributed by atoms with Crippen molar-refractivity contribution in [2.75, 3.05) is 13.7 Å². The van der Waals surface area contributed by atoms with Gasteiger partial charge in [0.05, 0.1) is 25.2 Å². The van der Waals surface area contributed by atoms with Gasteiger partial charge in [-0.3, -0.25) is 19.7 Å². The van der Waals surface area contributed by atoms with Crippen LogP contribution in [0.2, 0.25) is 25.7 Å². The van der Waals surface area contributed by atoms with Crippen molar-refractivity contribution in [1.82, 2.24) is 10.2 Å². The number of nitrogens with zero attached hydrogens (tertiary/aromatic N) is 1. The molecule has 2 aliphatic heterocycles. The van der Waals surface area contributed by atoms with Crippen LogP contribution in [0, 0.1) is 5.92 Å². The van der Waals surface area contributed by atoms with E-state index >= 15 is 0 Å². The summed E-state index contributed by atoms with van der Waals surface area (Å²) >= 11 is 0. The van der Waals surface area contributed by atoms with E-state index in [1.807, 2.05) is 0 Å². The summed E-state index contributed by atoms with van der Waals surface area (Å²) in [7, 11) is 0.0855. The number of aliphatic hydroxyl groups excluding tert-OH is 1. The number of carbonyl (C=O) groups excluding carboxylic acids is 3. The van der Waals surface area contributed by atoms with E-state index in [2.05, 4.69) is 25.0 Å². The number of carbonyl (C=O) groups is 3. The predicted octanol–water partition coefficient (Wildman–Crippen LogP) is 1.88. The minimum Gasteiger partial charge on any atom is -0.496 e. The van der Waals surface area contributed by atoms with Gasteiger partial charge in [0.2, 0.25) is 11.8 Å². The molecule has 3 rings (SSSR count). The van der Waals surface area contributed by atoms with Crippen LogP contribution in [-0.2, 0) is 27.5 Å². The smallest absolute Gasteiger partial charge is 0.260 e. The van der Waals surface area contributed by atoms with Gasteiger partial charge < -0.3 is 19.5 Å². The molecular weight excluding hydrogens is 404 g/mol. The minimum absolute atomic E-state index is 0.219. The maximum absolute atomic E-state index is 13.4. The topological polar surface area (TPSA) is 105 Å². The number of aliphatic hydroxyl groups is 1. The molecule has 164 valence electrons. The number of hydrogen-bond donors (Lipinski definition) is 2. The molecule has 1 fully saturated rings. The van der Waals surface area contributed by atoms with Gasteiger partial charge in [0, 0.05) is 33.2 Å². The van der Waals surface area contributed by atoms with Crippen molar-refractivity contribution >= 4 is 25.8 Å². The molecular formula is C21H30N2O6Si. The lowest BCUT2D eigenvalue weighted by Gasteiger charge is -2.35. The zero-order valence-corrected chi connectivity index (χ0v) is 19.0. The van der Waals surface area contributed by atoms with E-state index in [4.69, 9.17) is 9.47 Å². The molecule has 2 unspecified atom stereocenters. The SMILES string of the molecule is COc1c(CO)ccc2c1C(=O)N(C(OCC[Si](C)(C)C)C1CCC(=O)NC1=O)C2. The highest BCUT2D eigenvalue weighted by Crippen LogP contribution is 2.37. The molecule has 0 saturated carbocycles. The molecule has 1 aromatic rings. The fourth-order valence-electron chi connectivity index (χ4n) is 3.89. The van der Waals surface area contributed by atoms with Gasteiger partial charge in [-0.2, -0.15) is 0 Å². The number of piperidine rings is 1. The summed E-state index contributed by atoms with van der Waals surface area (Å²) < 4.78 is 11.6. The van der Waals surface area contributed by atoms with Crippen molar-refractivity contribution in [3.63, 3.8) is 0 Å². The molecule has 0 aromatic heterocycles. The zero-order chi connectivity index (χ0) is 22.1. The molecule has 2 heterocycles. The molecule has 8 nitrogen and oxygen atoms in total. The first-order chi connectivity index (χ1) is 14.2. The van der Waals surface area contributed by atoms with Crippen LogP contribution in [0.4, 0.5) is 0 Å². The van der Waals surface area contributed by atoms with Crippen LogP contribution in [-0.4, -0.2) is 55.7 Å². The molecule has 0 radical (unpaired) electrons. The van der Waals surface area contributed by atoms with Crippen LogP contribution in [0.1, 0.15) is 34.3 Å². The minimum atomic E-state index is -1.38. The van der Waals surface area contributed by atoms with Crippen molar-refractivity contribution in [3.8, 4) is 5.75 Å². The third-order valence-electron chi connectivity index (χ3n) is 5.59. The number of imide groups is 1. The van der Waals surface area contributed by atoms with Gasteiger partial charge in [-0.25, -0.2) is 0 Å². The average molecular weight is 435 g/mol. The molecule has 2 atom stereocenters. The Labute approximate surface area is 177 Å². The van der Waals surface area contributed by atoms with Gasteiger partial charge in [-0.05, 0) is 18.0 Å². The summed E-state index contributed by atoms with van der Waals surface area (Å²) in [6.45, 7) is 7.18. The lowest BCUT2D eigenvalue weighted by molar-refractivity contribution is -0.147. The van der Waals surface area contributed by atoms with E-state index in [1.54, 1.807) is 17.0 Å². The van der Waals surface area contributed by atoms with E-state index in [0.717, 1.165) is 11.6 Å². The Hall–Kier alpha value is -2.23. The van der Waals surface area contributed by atoms with Crippen LogP contribution >= 0.6 is 0 Å². The standard InChI is InChI=1S/C21H30N2O6Si/c1-28-18-14(12-24)6-5-13-11-23(20(27)17(13)18)21(29-9-10-30(2,3)4)15-7-8-16(25)22-19(15)26/h5-6,15,21,24H,7-12H2,1-4H3,(H,22,25,26). The number of rotatable bonds is 8. The predicted molar refractivity (Wildman–Crippen MR) is 113 cm³/mol. The first-order valence-corrected chi connectivity index (χ1v) is 13.9.